The molecule has 1 aliphatic carbocycles. The predicted molar refractivity (Wildman–Crippen MR) is 69.0 cm³/mol. The van der Waals surface area contributed by atoms with E-state index in [0.717, 1.165) is 12.1 Å². The number of H-pyrrole nitrogens is 1. The minimum atomic E-state index is 0.341. The Hall–Kier alpha value is -1.77. The van der Waals surface area contributed by atoms with Gasteiger partial charge in [-0.15, -0.1) is 0 Å². The number of hydrogen-bond donors (Lipinski definition) is 2. The Morgan fingerprint density at radius 2 is 2.00 bits per heavy atom. The van der Waals surface area contributed by atoms with Gasteiger partial charge in [0.1, 0.15) is 0 Å². The first kappa shape index (κ1) is 10.4. The lowest BCUT2D eigenvalue weighted by atomic mass is 9.94. The largest absolute Gasteiger partial charge is 0.399 e. The molecule has 3 heteroatoms. The van der Waals surface area contributed by atoms with Crippen LogP contribution in [0.5, 0.6) is 0 Å². The van der Waals surface area contributed by atoms with Crippen LogP contribution in [0.25, 0.3) is 0 Å². The summed E-state index contributed by atoms with van der Waals surface area (Å²) in [5.41, 5.74) is 11.8. The molecule has 0 fully saturated rings. The first-order chi connectivity index (χ1) is 8.25. The average Bonchev–Trinajstić information content (AvgIpc) is 2.90. The number of nitrogens with one attached hydrogen (secondary N) is 1. The molecule has 1 aliphatic rings. The van der Waals surface area contributed by atoms with Gasteiger partial charge in [-0.05, 0) is 42.5 Å². The van der Waals surface area contributed by atoms with Crippen LogP contribution in [-0.4, -0.2) is 10.2 Å². The summed E-state index contributed by atoms with van der Waals surface area (Å²) in [5.74, 6) is 0.341. The second-order valence-corrected chi connectivity index (χ2v) is 4.81. The summed E-state index contributed by atoms with van der Waals surface area (Å²) in [6.45, 7) is 2.21. The first-order valence-corrected chi connectivity index (χ1v) is 6.17. The maximum atomic E-state index is 5.71. The van der Waals surface area contributed by atoms with Crippen LogP contribution in [0.3, 0.4) is 0 Å². The fraction of sp³-hybridized carbons (Fsp3) is 0.357. The Morgan fingerprint density at radius 3 is 2.76 bits per heavy atom. The van der Waals surface area contributed by atoms with Gasteiger partial charge in [-0.2, -0.15) is 5.10 Å². The SMILES string of the molecule is CC(c1ccc(N)cc1)c1n[nH]c2c1CCC2. The van der Waals surface area contributed by atoms with Gasteiger partial charge >= 0.3 is 0 Å². The highest BCUT2D eigenvalue weighted by molar-refractivity contribution is 5.43. The van der Waals surface area contributed by atoms with E-state index in [4.69, 9.17) is 5.73 Å². The molecule has 0 radical (unpaired) electrons. The number of rotatable bonds is 2. The first-order valence-electron chi connectivity index (χ1n) is 6.17. The molecule has 88 valence electrons. The van der Waals surface area contributed by atoms with Gasteiger partial charge in [-0.3, -0.25) is 5.10 Å². The van der Waals surface area contributed by atoms with E-state index >= 15 is 0 Å². The lowest BCUT2D eigenvalue weighted by Gasteiger charge is -2.11. The van der Waals surface area contributed by atoms with Crippen LogP contribution in [-0.2, 0) is 12.8 Å². The van der Waals surface area contributed by atoms with Crippen molar-refractivity contribution in [2.24, 2.45) is 0 Å². The van der Waals surface area contributed by atoms with E-state index in [0.29, 0.717) is 5.92 Å². The number of nitrogens with zero attached hydrogens (tertiary/aromatic N) is 1. The molecule has 0 aliphatic heterocycles. The third kappa shape index (κ3) is 1.71. The molecular weight excluding hydrogens is 210 g/mol. The molecule has 17 heavy (non-hydrogen) atoms. The molecule has 1 aromatic heterocycles. The Kier molecular flexibility index (Phi) is 2.39. The van der Waals surface area contributed by atoms with Crippen molar-refractivity contribution in [3.63, 3.8) is 0 Å². The van der Waals surface area contributed by atoms with Crippen molar-refractivity contribution in [2.75, 3.05) is 5.73 Å². The minimum absolute atomic E-state index is 0.341. The van der Waals surface area contributed by atoms with E-state index < -0.39 is 0 Å². The lowest BCUT2D eigenvalue weighted by molar-refractivity contribution is 0.799. The second-order valence-electron chi connectivity index (χ2n) is 4.81. The van der Waals surface area contributed by atoms with Crippen LogP contribution in [0.1, 0.15) is 41.8 Å². The number of benzene rings is 1. The zero-order valence-corrected chi connectivity index (χ0v) is 10.0. The molecule has 1 unspecified atom stereocenters. The highest BCUT2D eigenvalue weighted by Gasteiger charge is 2.22. The maximum Gasteiger partial charge on any atom is 0.0728 e. The Bertz CT molecular complexity index is 525. The van der Waals surface area contributed by atoms with Gasteiger partial charge in [0.15, 0.2) is 0 Å². The van der Waals surface area contributed by atoms with Gasteiger partial charge in [-0.1, -0.05) is 19.1 Å². The van der Waals surface area contributed by atoms with Crippen molar-refractivity contribution in [3.05, 3.63) is 46.8 Å². The monoisotopic (exact) mass is 227 g/mol. The summed E-state index contributed by atoms with van der Waals surface area (Å²) in [6.07, 6.45) is 3.57. The highest BCUT2D eigenvalue weighted by Crippen LogP contribution is 2.31. The van der Waals surface area contributed by atoms with Crippen LogP contribution in [0.4, 0.5) is 5.69 Å². The fourth-order valence-electron chi connectivity index (χ4n) is 2.65. The van der Waals surface area contributed by atoms with Crippen LogP contribution in [0.15, 0.2) is 24.3 Å². The molecule has 3 nitrogen and oxygen atoms in total. The van der Waals surface area contributed by atoms with E-state index in [1.807, 2.05) is 12.1 Å². The van der Waals surface area contributed by atoms with E-state index in [9.17, 15) is 0 Å². The normalized spacial score (nSPS) is 15.8. The summed E-state index contributed by atoms with van der Waals surface area (Å²) >= 11 is 0. The Labute approximate surface area is 101 Å². The quantitative estimate of drug-likeness (QED) is 0.775. The summed E-state index contributed by atoms with van der Waals surface area (Å²) in [5, 5.41) is 7.65. The van der Waals surface area contributed by atoms with E-state index in [2.05, 4.69) is 29.3 Å². The number of aromatic amines is 1. The summed E-state index contributed by atoms with van der Waals surface area (Å²) < 4.78 is 0. The van der Waals surface area contributed by atoms with Crippen molar-refractivity contribution in [1.82, 2.24) is 10.2 Å². The molecule has 1 heterocycles. The molecule has 3 N–H and O–H groups in total. The zero-order chi connectivity index (χ0) is 11.8. The number of nitrogen functional groups attached to an aromatic ring is 1. The third-order valence-electron chi connectivity index (χ3n) is 3.68. The molecule has 3 rings (SSSR count). The van der Waals surface area contributed by atoms with Crippen molar-refractivity contribution in [2.45, 2.75) is 32.1 Å². The zero-order valence-electron chi connectivity index (χ0n) is 10.0. The van der Waals surface area contributed by atoms with E-state index in [1.54, 1.807) is 0 Å². The number of aromatic nitrogens is 2. The molecule has 1 atom stereocenters. The number of hydrogen-bond acceptors (Lipinski definition) is 2. The van der Waals surface area contributed by atoms with Crippen LogP contribution >= 0.6 is 0 Å². The Morgan fingerprint density at radius 1 is 1.24 bits per heavy atom. The molecule has 0 bridgehead atoms. The van der Waals surface area contributed by atoms with E-state index in [1.165, 1.54) is 35.4 Å². The van der Waals surface area contributed by atoms with Crippen LogP contribution < -0.4 is 5.73 Å². The van der Waals surface area contributed by atoms with Crippen molar-refractivity contribution >= 4 is 5.69 Å². The Balaban J connectivity index is 1.95. The third-order valence-corrected chi connectivity index (χ3v) is 3.68. The van der Waals surface area contributed by atoms with Crippen molar-refractivity contribution in [1.29, 1.82) is 0 Å². The van der Waals surface area contributed by atoms with Crippen LogP contribution in [0.2, 0.25) is 0 Å². The van der Waals surface area contributed by atoms with E-state index in [-0.39, 0.29) is 0 Å². The molecule has 0 spiro atoms. The van der Waals surface area contributed by atoms with Gasteiger partial charge in [0.2, 0.25) is 0 Å². The molecular formula is C14H17N3. The predicted octanol–water partition coefficient (Wildman–Crippen LogP) is 2.63. The lowest BCUT2D eigenvalue weighted by Crippen LogP contribution is -2.00. The molecule has 0 saturated carbocycles. The van der Waals surface area contributed by atoms with Crippen molar-refractivity contribution in [3.8, 4) is 0 Å². The number of aryl methyl sites for hydroxylation is 1. The van der Waals surface area contributed by atoms with Gasteiger partial charge in [-0.25, -0.2) is 0 Å². The summed E-state index contributed by atoms with van der Waals surface area (Å²) in [6, 6.07) is 8.10. The number of anilines is 1. The second kappa shape index (κ2) is 3.91. The molecule has 2 aromatic rings. The average molecular weight is 227 g/mol. The van der Waals surface area contributed by atoms with Gasteiger partial charge in [0, 0.05) is 17.3 Å². The topological polar surface area (TPSA) is 54.7 Å². The van der Waals surface area contributed by atoms with Gasteiger partial charge < -0.3 is 5.73 Å². The number of nitrogens with two attached hydrogens (primary N) is 1. The molecule has 0 amide bonds. The summed E-state index contributed by atoms with van der Waals surface area (Å²) in [7, 11) is 0. The fourth-order valence-corrected chi connectivity index (χ4v) is 2.65. The smallest absolute Gasteiger partial charge is 0.0728 e. The van der Waals surface area contributed by atoms with Gasteiger partial charge in [0.05, 0.1) is 5.69 Å². The number of fused-ring (bicyclic) bond motifs is 1. The minimum Gasteiger partial charge on any atom is -0.399 e. The van der Waals surface area contributed by atoms with Crippen LogP contribution in [0, 0.1) is 0 Å². The standard InChI is InChI=1S/C14H17N3/c1-9(10-5-7-11(15)8-6-10)14-12-3-2-4-13(12)16-17-14/h5-9H,2-4,15H2,1H3,(H,16,17). The van der Waals surface area contributed by atoms with Crippen molar-refractivity contribution < 1.29 is 0 Å². The highest BCUT2D eigenvalue weighted by atomic mass is 15.1. The molecule has 0 saturated heterocycles. The molecule has 1 aromatic carbocycles. The van der Waals surface area contributed by atoms with Gasteiger partial charge in [0.25, 0.3) is 0 Å². The summed E-state index contributed by atoms with van der Waals surface area (Å²) in [4.78, 5) is 0. The maximum absolute atomic E-state index is 5.71.